The quantitative estimate of drug-likeness (QED) is 0.777. The predicted molar refractivity (Wildman–Crippen MR) is 74.1 cm³/mol. The summed E-state index contributed by atoms with van der Waals surface area (Å²) in [4.78, 5) is 35.2. The van der Waals surface area contributed by atoms with Gasteiger partial charge in [0.1, 0.15) is 5.82 Å². The SMILES string of the molecule is CCOC(=O)c1cnc(N2CC(N3CCNC3=O)C2)cn1. The summed E-state index contributed by atoms with van der Waals surface area (Å²) in [6.45, 7) is 5.00. The molecule has 0 unspecified atom stereocenters. The third-order valence-corrected chi connectivity index (χ3v) is 3.64. The Morgan fingerprint density at radius 3 is 2.81 bits per heavy atom. The molecule has 2 amide bonds. The second-order valence-corrected chi connectivity index (χ2v) is 4.96. The molecule has 2 saturated heterocycles. The minimum absolute atomic E-state index is 0.00314. The van der Waals surface area contributed by atoms with E-state index in [9.17, 15) is 9.59 Å². The van der Waals surface area contributed by atoms with Crippen molar-refractivity contribution in [2.75, 3.05) is 37.7 Å². The number of nitrogens with zero attached hydrogens (tertiary/aromatic N) is 4. The minimum Gasteiger partial charge on any atom is -0.461 e. The molecule has 0 spiro atoms. The second kappa shape index (κ2) is 5.55. The van der Waals surface area contributed by atoms with Gasteiger partial charge in [-0.1, -0.05) is 0 Å². The number of aromatic nitrogens is 2. The zero-order chi connectivity index (χ0) is 14.8. The number of esters is 1. The van der Waals surface area contributed by atoms with Gasteiger partial charge in [0.25, 0.3) is 0 Å². The van der Waals surface area contributed by atoms with Crippen LogP contribution in [0.3, 0.4) is 0 Å². The molecule has 0 bridgehead atoms. The molecule has 2 fully saturated rings. The monoisotopic (exact) mass is 291 g/mol. The summed E-state index contributed by atoms with van der Waals surface area (Å²) in [5.41, 5.74) is 0.205. The molecule has 3 rings (SSSR count). The van der Waals surface area contributed by atoms with E-state index < -0.39 is 5.97 Å². The van der Waals surface area contributed by atoms with Crippen molar-refractivity contribution in [1.29, 1.82) is 0 Å². The number of rotatable bonds is 4. The largest absolute Gasteiger partial charge is 0.461 e. The third kappa shape index (κ3) is 2.61. The number of carbonyl (C=O) groups excluding carboxylic acids is 2. The van der Waals surface area contributed by atoms with E-state index >= 15 is 0 Å². The van der Waals surface area contributed by atoms with Gasteiger partial charge in [-0.05, 0) is 6.92 Å². The normalized spacial score (nSPS) is 18.4. The van der Waals surface area contributed by atoms with Crippen molar-refractivity contribution < 1.29 is 14.3 Å². The number of urea groups is 1. The fraction of sp³-hybridized carbons (Fsp3) is 0.538. The van der Waals surface area contributed by atoms with Crippen LogP contribution < -0.4 is 10.2 Å². The molecular formula is C13H17N5O3. The molecule has 1 aromatic rings. The van der Waals surface area contributed by atoms with Crippen LogP contribution in [0.2, 0.25) is 0 Å². The Balaban J connectivity index is 1.57. The smallest absolute Gasteiger partial charge is 0.358 e. The molecule has 3 heterocycles. The van der Waals surface area contributed by atoms with Gasteiger partial charge in [0.15, 0.2) is 5.69 Å². The molecule has 8 nitrogen and oxygen atoms in total. The first kappa shape index (κ1) is 13.6. The second-order valence-electron chi connectivity index (χ2n) is 4.96. The summed E-state index contributed by atoms with van der Waals surface area (Å²) in [6, 6.07) is 0.224. The third-order valence-electron chi connectivity index (χ3n) is 3.64. The molecule has 112 valence electrons. The highest BCUT2D eigenvalue weighted by atomic mass is 16.5. The Morgan fingerprint density at radius 2 is 2.24 bits per heavy atom. The standard InChI is InChI=1S/C13H17N5O3/c1-2-21-12(19)10-5-16-11(6-15-10)17-7-9(8-17)18-4-3-14-13(18)20/h5-6,9H,2-4,7-8H2,1H3,(H,14,20). The van der Waals surface area contributed by atoms with Crippen LogP contribution in [0.5, 0.6) is 0 Å². The molecule has 1 N–H and O–H groups in total. The lowest BCUT2D eigenvalue weighted by atomic mass is 10.1. The molecule has 0 aliphatic carbocycles. The van der Waals surface area contributed by atoms with Gasteiger partial charge in [0.05, 0.1) is 25.0 Å². The summed E-state index contributed by atoms with van der Waals surface area (Å²) >= 11 is 0. The highest BCUT2D eigenvalue weighted by Crippen LogP contribution is 2.22. The Bertz CT molecular complexity index is 541. The maximum Gasteiger partial charge on any atom is 0.358 e. The molecule has 0 aromatic carbocycles. The van der Waals surface area contributed by atoms with E-state index in [2.05, 4.69) is 15.3 Å². The number of hydrogen-bond donors (Lipinski definition) is 1. The Kier molecular flexibility index (Phi) is 3.59. The fourth-order valence-corrected chi connectivity index (χ4v) is 2.47. The van der Waals surface area contributed by atoms with Crippen LogP contribution in [0, 0.1) is 0 Å². The van der Waals surface area contributed by atoms with Crippen LogP contribution in [-0.2, 0) is 4.74 Å². The number of nitrogens with one attached hydrogen (secondary N) is 1. The predicted octanol–water partition coefficient (Wildman–Crippen LogP) is -0.133. The van der Waals surface area contributed by atoms with E-state index in [1.54, 1.807) is 13.1 Å². The van der Waals surface area contributed by atoms with Gasteiger partial charge in [-0.3, -0.25) is 0 Å². The fourth-order valence-electron chi connectivity index (χ4n) is 2.47. The topological polar surface area (TPSA) is 87.7 Å². The van der Waals surface area contributed by atoms with E-state index in [1.807, 2.05) is 9.80 Å². The van der Waals surface area contributed by atoms with Gasteiger partial charge in [-0.25, -0.2) is 19.6 Å². The summed E-state index contributed by atoms with van der Waals surface area (Å²) in [5.74, 6) is 0.241. The van der Waals surface area contributed by atoms with Crippen LogP contribution in [0.15, 0.2) is 12.4 Å². The van der Waals surface area contributed by atoms with Crippen LogP contribution in [0.25, 0.3) is 0 Å². The molecular weight excluding hydrogens is 274 g/mol. The molecule has 8 heteroatoms. The van der Waals surface area contributed by atoms with E-state index in [0.717, 1.165) is 19.6 Å². The van der Waals surface area contributed by atoms with Crippen molar-refractivity contribution in [2.24, 2.45) is 0 Å². The van der Waals surface area contributed by atoms with E-state index in [1.165, 1.54) is 6.20 Å². The first-order chi connectivity index (χ1) is 10.2. The first-order valence-electron chi connectivity index (χ1n) is 6.97. The Labute approximate surface area is 122 Å². The van der Waals surface area contributed by atoms with Crippen LogP contribution in [0.4, 0.5) is 10.6 Å². The zero-order valence-corrected chi connectivity index (χ0v) is 11.8. The van der Waals surface area contributed by atoms with Gasteiger partial charge < -0.3 is 19.9 Å². The average Bonchev–Trinajstić information content (AvgIpc) is 2.84. The van der Waals surface area contributed by atoms with Crippen LogP contribution in [0.1, 0.15) is 17.4 Å². The number of ether oxygens (including phenoxy) is 1. The summed E-state index contributed by atoms with van der Waals surface area (Å²) in [6.07, 6.45) is 2.98. The van der Waals surface area contributed by atoms with E-state index in [-0.39, 0.29) is 17.8 Å². The number of anilines is 1. The lowest BCUT2D eigenvalue weighted by Crippen LogP contribution is -2.60. The highest BCUT2D eigenvalue weighted by Gasteiger charge is 2.37. The first-order valence-corrected chi connectivity index (χ1v) is 6.97. The molecule has 0 saturated carbocycles. The van der Waals surface area contributed by atoms with Crippen molar-refractivity contribution in [1.82, 2.24) is 20.2 Å². The van der Waals surface area contributed by atoms with Crippen molar-refractivity contribution in [3.8, 4) is 0 Å². The van der Waals surface area contributed by atoms with Crippen molar-refractivity contribution in [2.45, 2.75) is 13.0 Å². The maximum atomic E-state index is 11.5. The lowest BCUT2D eigenvalue weighted by molar-refractivity contribution is 0.0519. The van der Waals surface area contributed by atoms with Gasteiger partial charge in [0, 0.05) is 26.2 Å². The summed E-state index contributed by atoms with van der Waals surface area (Å²) < 4.78 is 4.86. The minimum atomic E-state index is -0.466. The highest BCUT2D eigenvalue weighted by molar-refractivity contribution is 5.86. The molecule has 1 aromatic heterocycles. The number of amides is 2. The molecule has 2 aliphatic rings. The molecule has 2 aliphatic heterocycles. The lowest BCUT2D eigenvalue weighted by Gasteiger charge is -2.43. The maximum absolute atomic E-state index is 11.5. The van der Waals surface area contributed by atoms with Gasteiger partial charge in [0.2, 0.25) is 0 Å². The summed E-state index contributed by atoms with van der Waals surface area (Å²) in [7, 11) is 0. The van der Waals surface area contributed by atoms with Gasteiger partial charge in [-0.15, -0.1) is 0 Å². The van der Waals surface area contributed by atoms with Crippen molar-refractivity contribution in [3.63, 3.8) is 0 Å². The summed E-state index contributed by atoms with van der Waals surface area (Å²) in [5, 5.41) is 2.79. The van der Waals surface area contributed by atoms with E-state index in [0.29, 0.717) is 19.0 Å². The van der Waals surface area contributed by atoms with E-state index in [4.69, 9.17) is 4.74 Å². The van der Waals surface area contributed by atoms with Gasteiger partial charge in [-0.2, -0.15) is 0 Å². The van der Waals surface area contributed by atoms with Crippen LogP contribution >= 0.6 is 0 Å². The molecule has 0 atom stereocenters. The van der Waals surface area contributed by atoms with Crippen LogP contribution in [-0.4, -0.2) is 65.7 Å². The Hall–Kier alpha value is -2.38. The van der Waals surface area contributed by atoms with Crippen molar-refractivity contribution >= 4 is 17.8 Å². The average molecular weight is 291 g/mol. The van der Waals surface area contributed by atoms with Gasteiger partial charge >= 0.3 is 12.0 Å². The number of hydrogen-bond acceptors (Lipinski definition) is 6. The zero-order valence-electron chi connectivity index (χ0n) is 11.8. The molecule has 21 heavy (non-hydrogen) atoms. The molecule has 0 radical (unpaired) electrons. The van der Waals surface area contributed by atoms with Crippen molar-refractivity contribution in [3.05, 3.63) is 18.1 Å². The number of carbonyl (C=O) groups is 2. The Morgan fingerprint density at radius 1 is 1.43 bits per heavy atom.